The summed E-state index contributed by atoms with van der Waals surface area (Å²) in [6, 6.07) is 15.4. The van der Waals surface area contributed by atoms with Gasteiger partial charge in [-0.3, -0.25) is 9.36 Å². The summed E-state index contributed by atoms with van der Waals surface area (Å²) in [4.78, 5) is 17.1. The van der Waals surface area contributed by atoms with Gasteiger partial charge in [-0.15, -0.1) is 5.10 Å². The van der Waals surface area contributed by atoms with E-state index >= 15 is 0 Å². The quantitative estimate of drug-likeness (QED) is 0.577. The molecule has 7 heteroatoms. The van der Waals surface area contributed by atoms with E-state index in [1.807, 2.05) is 37.3 Å². The molecule has 0 radical (unpaired) electrons. The van der Waals surface area contributed by atoms with E-state index in [1.165, 1.54) is 27.7 Å². The Hall–Kier alpha value is -3.35. The minimum absolute atomic E-state index is 0.148. The molecule has 124 valence electrons. The maximum absolute atomic E-state index is 13.4. The molecule has 25 heavy (non-hydrogen) atoms. The molecule has 0 aliphatic carbocycles. The largest absolute Gasteiger partial charge is 0.290 e. The highest BCUT2D eigenvalue weighted by molar-refractivity contribution is 5.70. The van der Waals surface area contributed by atoms with Crippen molar-refractivity contribution < 1.29 is 4.39 Å². The van der Waals surface area contributed by atoms with Crippen molar-refractivity contribution in [3.63, 3.8) is 0 Å². The number of hydrogen-bond acceptors (Lipinski definition) is 4. The van der Waals surface area contributed by atoms with E-state index in [2.05, 4.69) is 15.3 Å². The highest BCUT2D eigenvalue weighted by Gasteiger charge is 2.17. The van der Waals surface area contributed by atoms with Crippen molar-refractivity contribution in [3.05, 3.63) is 82.7 Å². The van der Waals surface area contributed by atoms with Crippen LogP contribution < -0.4 is 5.56 Å². The molecule has 4 aromatic rings. The van der Waals surface area contributed by atoms with Crippen molar-refractivity contribution >= 4 is 11.2 Å². The van der Waals surface area contributed by atoms with Gasteiger partial charge >= 0.3 is 0 Å². The van der Waals surface area contributed by atoms with Gasteiger partial charge in [-0.05, 0) is 30.7 Å². The molecule has 2 aromatic heterocycles. The van der Waals surface area contributed by atoms with Crippen LogP contribution in [0, 0.1) is 5.82 Å². The summed E-state index contributed by atoms with van der Waals surface area (Å²) in [6.07, 6.45) is 1.47. The van der Waals surface area contributed by atoms with E-state index in [0.717, 1.165) is 5.56 Å². The standard InChI is InChI=1S/C18H14FN5O/c1-12(13-6-3-2-4-7-13)23-11-20-17-16(18(23)25)21-22-24(17)15-9-5-8-14(19)10-15/h2-12H,1H3. The molecule has 0 aliphatic rings. The highest BCUT2D eigenvalue weighted by atomic mass is 19.1. The average molecular weight is 335 g/mol. The Kier molecular flexibility index (Phi) is 3.61. The summed E-state index contributed by atoms with van der Waals surface area (Å²) < 4.78 is 16.3. The molecule has 0 amide bonds. The molecule has 0 N–H and O–H groups in total. The predicted octanol–water partition coefficient (Wildman–Crippen LogP) is 2.73. The topological polar surface area (TPSA) is 65.6 Å². The first kappa shape index (κ1) is 15.2. The zero-order valence-corrected chi connectivity index (χ0v) is 13.4. The third-order valence-electron chi connectivity index (χ3n) is 4.14. The SMILES string of the molecule is CC(c1ccccc1)n1cnc2c(nnn2-c2cccc(F)c2)c1=O. The van der Waals surface area contributed by atoms with E-state index in [4.69, 9.17) is 0 Å². The highest BCUT2D eigenvalue weighted by Crippen LogP contribution is 2.17. The molecule has 1 atom stereocenters. The summed E-state index contributed by atoms with van der Waals surface area (Å²) >= 11 is 0. The summed E-state index contributed by atoms with van der Waals surface area (Å²) in [6.45, 7) is 1.92. The lowest BCUT2D eigenvalue weighted by Crippen LogP contribution is -2.24. The molecule has 0 aliphatic heterocycles. The zero-order chi connectivity index (χ0) is 17.4. The first-order valence-electron chi connectivity index (χ1n) is 7.78. The number of halogens is 1. The second-order valence-corrected chi connectivity index (χ2v) is 5.70. The van der Waals surface area contributed by atoms with Crippen LogP contribution in [0.3, 0.4) is 0 Å². The first-order valence-corrected chi connectivity index (χ1v) is 7.78. The van der Waals surface area contributed by atoms with Gasteiger partial charge in [-0.2, -0.15) is 4.68 Å². The van der Waals surface area contributed by atoms with Crippen LogP contribution in [0.4, 0.5) is 4.39 Å². The number of rotatable bonds is 3. The minimum Gasteiger partial charge on any atom is -0.290 e. The lowest BCUT2D eigenvalue weighted by molar-refractivity contribution is 0.607. The van der Waals surface area contributed by atoms with Gasteiger partial charge < -0.3 is 0 Å². The Morgan fingerprint density at radius 3 is 2.64 bits per heavy atom. The minimum atomic E-state index is -0.396. The Balaban J connectivity index is 1.84. The van der Waals surface area contributed by atoms with Crippen LogP contribution in [0.1, 0.15) is 18.5 Å². The van der Waals surface area contributed by atoms with Gasteiger partial charge in [0.25, 0.3) is 5.56 Å². The molecule has 2 aromatic carbocycles. The number of fused-ring (bicyclic) bond motifs is 1. The first-order chi connectivity index (χ1) is 12.1. The van der Waals surface area contributed by atoms with E-state index in [9.17, 15) is 9.18 Å². The molecule has 4 rings (SSSR count). The lowest BCUT2D eigenvalue weighted by Gasteiger charge is -2.14. The molecule has 0 bridgehead atoms. The Bertz CT molecular complexity index is 1100. The maximum atomic E-state index is 13.4. The lowest BCUT2D eigenvalue weighted by atomic mass is 10.1. The second-order valence-electron chi connectivity index (χ2n) is 5.70. The number of aromatic nitrogens is 5. The predicted molar refractivity (Wildman–Crippen MR) is 91.1 cm³/mol. The fourth-order valence-corrected chi connectivity index (χ4v) is 2.77. The average Bonchev–Trinajstić information content (AvgIpc) is 3.07. The third-order valence-corrected chi connectivity index (χ3v) is 4.14. The van der Waals surface area contributed by atoms with Crippen LogP contribution in [0.25, 0.3) is 16.9 Å². The normalized spacial score (nSPS) is 12.4. The van der Waals surface area contributed by atoms with E-state index in [1.54, 1.807) is 12.1 Å². The molecule has 2 heterocycles. The van der Waals surface area contributed by atoms with Crippen LogP contribution in [-0.2, 0) is 0 Å². The van der Waals surface area contributed by atoms with Gasteiger partial charge in [0.1, 0.15) is 12.1 Å². The molecule has 0 saturated heterocycles. The van der Waals surface area contributed by atoms with Gasteiger partial charge in [-0.25, -0.2) is 9.37 Å². The van der Waals surface area contributed by atoms with Crippen molar-refractivity contribution in [3.8, 4) is 5.69 Å². The van der Waals surface area contributed by atoms with Crippen molar-refractivity contribution in [2.24, 2.45) is 0 Å². The van der Waals surface area contributed by atoms with Crippen molar-refractivity contribution in [2.45, 2.75) is 13.0 Å². The van der Waals surface area contributed by atoms with Gasteiger partial charge in [-0.1, -0.05) is 41.6 Å². The number of hydrogen-bond donors (Lipinski definition) is 0. The van der Waals surface area contributed by atoms with E-state index < -0.39 is 5.82 Å². The molecule has 0 fully saturated rings. The molecule has 1 unspecified atom stereocenters. The van der Waals surface area contributed by atoms with Crippen LogP contribution in [0.5, 0.6) is 0 Å². The van der Waals surface area contributed by atoms with Crippen molar-refractivity contribution in [2.75, 3.05) is 0 Å². The maximum Gasteiger partial charge on any atom is 0.284 e. The number of nitrogens with zero attached hydrogens (tertiary/aromatic N) is 5. The number of benzene rings is 2. The molecular weight excluding hydrogens is 321 g/mol. The molecular formula is C18H14FN5O. The fourth-order valence-electron chi connectivity index (χ4n) is 2.77. The van der Waals surface area contributed by atoms with Gasteiger partial charge in [0, 0.05) is 0 Å². The second kappa shape index (κ2) is 5.94. The Labute approximate surface area is 142 Å². The van der Waals surface area contributed by atoms with Crippen LogP contribution in [0.15, 0.2) is 65.7 Å². The molecule has 0 spiro atoms. The van der Waals surface area contributed by atoms with Crippen molar-refractivity contribution in [1.82, 2.24) is 24.5 Å². The Morgan fingerprint density at radius 2 is 1.88 bits per heavy atom. The van der Waals surface area contributed by atoms with E-state index in [-0.39, 0.29) is 17.1 Å². The third kappa shape index (κ3) is 2.59. The zero-order valence-electron chi connectivity index (χ0n) is 13.4. The van der Waals surface area contributed by atoms with Gasteiger partial charge in [0.05, 0.1) is 11.7 Å². The summed E-state index contributed by atoms with van der Waals surface area (Å²) in [7, 11) is 0. The monoisotopic (exact) mass is 335 g/mol. The summed E-state index contributed by atoms with van der Waals surface area (Å²) in [5.41, 5.74) is 1.61. The van der Waals surface area contributed by atoms with Crippen molar-refractivity contribution in [1.29, 1.82) is 0 Å². The smallest absolute Gasteiger partial charge is 0.284 e. The fraction of sp³-hybridized carbons (Fsp3) is 0.111. The summed E-state index contributed by atoms with van der Waals surface area (Å²) in [5.74, 6) is -0.396. The molecule has 0 saturated carbocycles. The van der Waals surface area contributed by atoms with Gasteiger partial charge in [0.2, 0.25) is 0 Å². The summed E-state index contributed by atoms with van der Waals surface area (Å²) in [5, 5.41) is 7.92. The molecule has 6 nitrogen and oxygen atoms in total. The van der Waals surface area contributed by atoms with Crippen LogP contribution in [-0.4, -0.2) is 24.5 Å². The van der Waals surface area contributed by atoms with Gasteiger partial charge in [0.15, 0.2) is 11.2 Å². The Morgan fingerprint density at radius 1 is 1.08 bits per heavy atom. The van der Waals surface area contributed by atoms with Crippen LogP contribution >= 0.6 is 0 Å². The van der Waals surface area contributed by atoms with E-state index in [0.29, 0.717) is 11.3 Å². The van der Waals surface area contributed by atoms with Crippen LogP contribution in [0.2, 0.25) is 0 Å².